The highest BCUT2D eigenvalue weighted by Gasteiger charge is 2.29. The Labute approximate surface area is 119 Å². The van der Waals surface area contributed by atoms with Crippen LogP contribution in [0.1, 0.15) is 6.42 Å². The summed E-state index contributed by atoms with van der Waals surface area (Å²) in [5.41, 5.74) is -0.990. The highest BCUT2D eigenvalue weighted by molar-refractivity contribution is 7.99. The summed E-state index contributed by atoms with van der Waals surface area (Å²) < 4.78 is 2.08. The Kier molecular flexibility index (Phi) is 4.17. The minimum Gasteiger partial charge on any atom is -0.481 e. The molecule has 0 saturated carbocycles. The fourth-order valence-electron chi connectivity index (χ4n) is 2.17. The van der Waals surface area contributed by atoms with Gasteiger partial charge < -0.3 is 10.0 Å². The van der Waals surface area contributed by atoms with Gasteiger partial charge in [-0.2, -0.15) is 11.8 Å². The first-order chi connectivity index (χ1) is 9.41. The van der Waals surface area contributed by atoms with Crippen LogP contribution in [0, 0.1) is 0 Å². The molecule has 1 N–H and O–H groups in total. The molecule has 1 aliphatic heterocycles. The second-order valence-corrected chi connectivity index (χ2v) is 5.76. The lowest BCUT2D eigenvalue weighted by Gasteiger charge is -2.34. The molecule has 0 aliphatic carbocycles. The normalized spacial score (nSPS) is 19.1. The van der Waals surface area contributed by atoms with E-state index in [0.717, 1.165) is 15.0 Å². The van der Waals surface area contributed by atoms with Crippen LogP contribution < -0.4 is 16.1 Å². The average molecular weight is 300 g/mol. The van der Waals surface area contributed by atoms with Gasteiger partial charge in [-0.3, -0.25) is 14.2 Å². The van der Waals surface area contributed by atoms with Crippen LogP contribution in [0.5, 0.6) is 0 Å². The summed E-state index contributed by atoms with van der Waals surface area (Å²) in [5, 5.41) is 13.0. The van der Waals surface area contributed by atoms with Crippen LogP contribution in [-0.4, -0.2) is 49.5 Å². The topological polar surface area (TPSA) is 97.4 Å². The van der Waals surface area contributed by atoms with Gasteiger partial charge in [0.05, 0.1) is 12.5 Å². The van der Waals surface area contributed by atoms with Crippen LogP contribution in [0.15, 0.2) is 9.59 Å². The van der Waals surface area contributed by atoms with Crippen molar-refractivity contribution < 1.29 is 9.90 Å². The van der Waals surface area contributed by atoms with Crippen molar-refractivity contribution in [1.29, 1.82) is 0 Å². The summed E-state index contributed by atoms with van der Waals surface area (Å²) >= 11 is 1.65. The van der Waals surface area contributed by atoms with Crippen molar-refractivity contribution in [3.8, 4) is 0 Å². The van der Waals surface area contributed by atoms with E-state index in [1.165, 1.54) is 14.1 Å². The van der Waals surface area contributed by atoms with Gasteiger partial charge >= 0.3 is 11.7 Å². The number of rotatable bonds is 3. The zero-order valence-corrected chi connectivity index (χ0v) is 12.1. The molecule has 0 amide bonds. The first-order valence-corrected chi connectivity index (χ1v) is 7.27. The molecule has 2 rings (SSSR count). The van der Waals surface area contributed by atoms with E-state index >= 15 is 0 Å². The highest BCUT2D eigenvalue weighted by atomic mass is 32.2. The van der Waals surface area contributed by atoms with Gasteiger partial charge in [0.1, 0.15) is 0 Å². The second-order valence-electron chi connectivity index (χ2n) is 4.61. The molecule has 1 aromatic heterocycles. The smallest absolute Gasteiger partial charge is 0.346 e. The molecule has 9 heteroatoms. The number of carbonyl (C=O) groups is 1. The molecule has 1 atom stereocenters. The zero-order chi connectivity index (χ0) is 14.9. The van der Waals surface area contributed by atoms with Gasteiger partial charge in [0.2, 0.25) is 5.82 Å². The molecule has 1 aromatic rings. The van der Waals surface area contributed by atoms with Crippen molar-refractivity contribution in [3.05, 3.63) is 20.8 Å². The molecule has 0 spiro atoms. The fraction of sp³-hybridized carbons (Fsp3) is 0.636. The number of carboxylic acid groups (broad SMARTS) is 1. The van der Waals surface area contributed by atoms with E-state index in [9.17, 15) is 14.4 Å². The lowest BCUT2D eigenvalue weighted by atomic mass is 10.2. The van der Waals surface area contributed by atoms with E-state index in [0.29, 0.717) is 12.3 Å². The minimum absolute atomic E-state index is 0.0549. The number of aryl methyl sites for hydroxylation is 1. The van der Waals surface area contributed by atoms with Gasteiger partial charge in [0, 0.05) is 32.1 Å². The largest absolute Gasteiger partial charge is 0.481 e. The van der Waals surface area contributed by atoms with Crippen LogP contribution in [0.3, 0.4) is 0 Å². The van der Waals surface area contributed by atoms with Gasteiger partial charge in [0.15, 0.2) is 0 Å². The number of anilines is 1. The third-order valence-corrected chi connectivity index (χ3v) is 4.31. The number of nitrogens with zero attached hydrogens (tertiary/aromatic N) is 4. The van der Waals surface area contributed by atoms with Crippen molar-refractivity contribution in [1.82, 2.24) is 14.3 Å². The molecular formula is C11H16N4O4S. The molecule has 1 saturated heterocycles. The summed E-state index contributed by atoms with van der Waals surface area (Å²) in [5.74, 6) is 0.648. The molecule has 0 aromatic carbocycles. The molecule has 0 bridgehead atoms. The predicted octanol–water partition coefficient (Wildman–Crippen LogP) is -1.12. The summed E-state index contributed by atoms with van der Waals surface area (Å²) in [6.45, 7) is 0.545. The van der Waals surface area contributed by atoms with Crippen LogP contribution >= 0.6 is 11.8 Å². The fourth-order valence-corrected chi connectivity index (χ4v) is 3.23. The SMILES string of the molecule is Cn1nc(N2CCSCC2CC(=O)O)c(=O)n(C)c1=O. The summed E-state index contributed by atoms with van der Waals surface area (Å²) in [4.78, 5) is 36.4. The van der Waals surface area contributed by atoms with E-state index in [-0.39, 0.29) is 18.3 Å². The van der Waals surface area contributed by atoms with Crippen molar-refractivity contribution >= 4 is 23.5 Å². The number of aliphatic carboxylic acids is 1. The third kappa shape index (κ3) is 2.72. The Morgan fingerprint density at radius 2 is 2.15 bits per heavy atom. The number of thioether (sulfide) groups is 1. The maximum Gasteiger partial charge on any atom is 0.346 e. The van der Waals surface area contributed by atoms with E-state index in [1.807, 2.05) is 0 Å². The van der Waals surface area contributed by atoms with Crippen LogP contribution in [0.4, 0.5) is 5.82 Å². The first-order valence-electron chi connectivity index (χ1n) is 6.12. The van der Waals surface area contributed by atoms with E-state index in [4.69, 9.17) is 5.11 Å². The first kappa shape index (κ1) is 14.6. The van der Waals surface area contributed by atoms with Gasteiger partial charge in [-0.25, -0.2) is 9.48 Å². The number of aromatic nitrogens is 3. The van der Waals surface area contributed by atoms with Crippen LogP contribution in [-0.2, 0) is 18.9 Å². The lowest BCUT2D eigenvalue weighted by molar-refractivity contribution is -0.137. The van der Waals surface area contributed by atoms with Gasteiger partial charge in [-0.05, 0) is 0 Å². The van der Waals surface area contributed by atoms with Crippen LogP contribution in [0.2, 0.25) is 0 Å². The highest BCUT2D eigenvalue weighted by Crippen LogP contribution is 2.21. The van der Waals surface area contributed by atoms with Gasteiger partial charge in [-0.15, -0.1) is 5.10 Å². The molecule has 20 heavy (non-hydrogen) atoms. The van der Waals surface area contributed by atoms with E-state index in [1.54, 1.807) is 16.7 Å². The summed E-state index contributed by atoms with van der Waals surface area (Å²) in [6, 6.07) is -0.288. The molecular weight excluding hydrogens is 284 g/mol. The zero-order valence-electron chi connectivity index (χ0n) is 11.3. The maximum atomic E-state index is 12.2. The molecule has 8 nitrogen and oxygen atoms in total. The van der Waals surface area contributed by atoms with Crippen LogP contribution in [0.25, 0.3) is 0 Å². The van der Waals surface area contributed by atoms with Gasteiger partial charge in [-0.1, -0.05) is 0 Å². The number of carboxylic acids is 1. The van der Waals surface area contributed by atoms with Crippen molar-refractivity contribution in [2.24, 2.45) is 14.1 Å². The standard InChI is InChI=1S/C11H16N4O4S/c1-13-10(18)9(12-14(2)11(13)19)15-3-4-20-6-7(15)5-8(16)17/h7H,3-6H2,1-2H3,(H,16,17). The Hall–Kier alpha value is -1.77. The molecule has 1 aliphatic rings. The summed E-state index contributed by atoms with van der Waals surface area (Å²) in [7, 11) is 2.86. The molecule has 1 fully saturated rings. The molecule has 110 valence electrons. The third-order valence-electron chi connectivity index (χ3n) is 3.21. The Balaban J connectivity index is 2.45. The van der Waals surface area contributed by atoms with E-state index < -0.39 is 17.2 Å². The maximum absolute atomic E-state index is 12.2. The second kappa shape index (κ2) is 5.70. The number of hydrogen-bond acceptors (Lipinski definition) is 6. The minimum atomic E-state index is -0.913. The Morgan fingerprint density at radius 3 is 2.80 bits per heavy atom. The van der Waals surface area contributed by atoms with Crippen molar-refractivity contribution in [2.45, 2.75) is 12.5 Å². The van der Waals surface area contributed by atoms with Crippen molar-refractivity contribution in [3.63, 3.8) is 0 Å². The van der Waals surface area contributed by atoms with E-state index in [2.05, 4.69) is 5.10 Å². The molecule has 0 radical (unpaired) electrons. The van der Waals surface area contributed by atoms with Gasteiger partial charge in [0.25, 0.3) is 5.56 Å². The monoisotopic (exact) mass is 300 g/mol. The molecule has 2 heterocycles. The molecule has 1 unspecified atom stereocenters. The Bertz CT molecular complexity index is 638. The number of hydrogen-bond donors (Lipinski definition) is 1. The lowest BCUT2D eigenvalue weighted by Crippen LogP contribution is -2.50. The average Bonchev–Trinajstić information content (AvgIpc) is 2.41. The summed E-state index contributed by atoms with van der Waals surface area (Å²) in [6.07, 6.45) is -0.0549. The quantitative estimate of drug-likeness (QED) is 0.754. The predicted molar refractivity (Wildman–Crippen MR) is 75.4 cm³/mol. The Morgan fingerprint density at radius 1 is 1.45 bits per heavy atom. The van der Waals surface area contributed by atoms with Crippen molar-refractivity contribution in [2.75, 3.05) is 23.0 Å².